The monoisotopic (exact) mass is 474 g/mol. The summed E-state index contributed by atoms with van der Waals surface area (Å²) in [4.78, 5) is 0. The Labute approximate surface area is 205 Å². The van der Waals surface area contributed by atoms with E-state index >= 15 is 0 Å². The Bertz CT molecular complexity index is 1210. The van der Waals surface area contributed by atoms with Crippen molar-refractivity contribution in [3.63, 3.8) is 0 Å². The van der Waals surface area contributed by atoms with Gasteiger partial charge in [0.05, 0.1) is 13.2 Å². The standard InChI is InChI=1S/C29H30O6/c1-28(2)32-19-29(35-28)27(30-17-21-12-14-22-10-6-7-11-23(22)16-21)26-24(18-31-29)33-25(34-26)15-13-20-8-4-3-5-9-20/h3-16,24-27H,17-19H2,1-2H3/b15-13+/t24-,25-,26-,27+,29+/m1/s1. The Hall–Kier alpha value is -2.58. The van der Waals surface area contributed by atoms with E-state index in [-0.39, 0.29) is 18.8 Å². The van der Waals surface area contributed by atoms with E-state index in [2.05, 4.69) is 30.3 Å². The fraction of sp³-hybridized carbons (Fsp3) is 0.379. The summed E-state index contributed by atoms with van der Waals surface area (Å²) in [5, 5.41) is 2.37. The maximum atomic E-state index is 6.51. The van der Waals surface area contributed by atoms with Crippen molar-refractivity contribution in [3.05, 3.63) is 90.0 Å². The summed E-state index contributed by atoms with van der Waals surface area (Å²) in [6, 6.07) is 24.7. The molecule has 0 aliphatic carbocycles. The van der Waals surface area contributed by atoms with Gasteiger partial charge in [0.25, 0.3) is 0 Å². The lowest BCUT2D eigenvalue weighted by atomic mass is 9.97. The van der Waals surface area contributed by atoms with E-state index in [0.717, 1.165) is 11.1 Å². The predicted octanol–water partition coefficient (Wildman–Crippen LogP) is 5.06. The number of ether oxygens (including phenoxy) is 6. The Morgan fingerprint density at radius 2 is 1.71 bits per heavy atom. The van der Waals surface area contributed by atoms with Crippen LogP contribution in [-0.4, -0.2) is 49.4 Å². The van der Waals surface area contributed by atoms with Crippen LogP contribution in [0.25, 0.3) is 16.8 Å². The second kappa shape index (κ2) is 9.13. The van der Waals surface area contributed by atoms with E-state index in [0.29, 0.717) is 13.2 Å². The molecule has 3 aliphatic heterocycles. The molecule has 0 unspecified atom stereocenters. The van der Waals surface area contributed by atoms with Gasteiger partial charge in [-0.05, 0) is 47.9 Å². The molecule has 6 heteroatoms. The van der Waals surface area contributed by atoms with Crippen molar-refractivity contribution >= 4 is 16.8 Å². The predicted molar refractivity (Wildman–Crippen MR) is 131 cm³/mol. The molecule has 0 aromatic heterocycles. The molecular formula is C29H30O6. The first-order valence-corrected chi connectivity index (χ1v) is 12.1. The molecule has 3 fully saturated rings. The third kappa shape index (κ3) is 4.66. The number of rotatable bonds is 5. The smallest absolute Gasteiger partial charge is 0.224 e. The number of hydrogen-bond donors (Lipinski definition) is 0. The van der Waals surface area contributed by atoms with Gasteiger partial charge in [0.15, 0.2) is 12.1 Å². The minimum absolute atomic E-state index is 0.263. The average molecular weight is 475 g/mol. The third-order valence-electron chi connectivity index (χ3n) is 6.72. The van der Waals surface area contributed by atoms with Crippen molar-refractivity contribution in [2.75, 3.05) is 13.2 Å². The van der Waals surface area contributed by atoms with Crippen LogP contribution in [0.5, 0.6) is 0 Å². The highest BCUT2D eigenvalue weighted by Crippen LogP contribution is 2.44. The molecule has 5 atom stereocenters. The zero-order valence-corrected chi connectivity index (χ0v) is 20.0. The Morgan fingerprint density at radius 1 is 0.914 bits per heavy atom. The minimum atomic E-state index is -1.05. The van der Waals surface area contributed by atoms with Gasteiger partial charge in [0.2, 0.25) is 5.79 Å². The van der Waals surface area contributed by atoms with Gasteiger partial charge in [0, 0.05) is 0 Å². The zero-order chi connectivity index (χ0) is 23.9. The van der Waals surface area contributed by atoms with E-state index in [1.54, 1.807) is 0 Å². The summed E-state index contributed by atoms with van der Waals surface area (Å²) in [6.07, 6.45) is 2.29. The van der Waals surface area contributed by atoms with Gasteiger partial charge in [0.1, 0.15) is 24.9 Å². The largest absolute Gasteiger partial charge is 0.365 e. The lowest BCUT2D eigenvalue weighted by molar-refractivity contribution is -0.335. The molecule has 3 aromatic rings. The number of benzene rings is 3. The molecule has 6 nitrogen and oxygen atoms in total. The normalized spacial score (nSPS) is 31.9. The van der Waals surface area contributed by atoms with Crippen LogP contribution in [0.2, 0.25) is 0 Å². The van der Waals surface area contributed by atoms with E-state index in [4.69, 9.17) is 28.4 Å². The maximum absolute atomic E-state index is 6.51. The number of hydrogen-bond acceptors (Lipinski definition) is 6. The van der Waals surface area contributed by atoms with E-state index in [1.165, 1.54) is 10.8 Å². The molecule has 0 saturated carbocycles. The van der Waals surface area contributed by atoms with Crippen molar-refractivity contribution in [1.29, 1.82) is 0 Å². The highest BCUT2D eigenvalue weighted by molar-refractivity contribution is 5.82. The second-order valence-electron chi connectivity index (χ2n) is 9.74. The van der Waals surface area contributed by atoms with Crippen LogP contribution < -0.4 is 0 Å². The van der Waals surface area contributed by atoms with E-state index < -0.39 is 24.0 Å². The molecule has 0 bridgehead atoms. The third-order valence-corrected chi connectivity index (χ3v) is 6.72. The lowest BCUT2D eigenvalue weighted by Gasteiger charge is -2.43. The molecule has 0 amide bonds. The summed E-state index contributed by atoms with van der Waals surface area (Å²) in [5.74, 6) is -1.83. The van der Waals surface area contributed by atoms with E-state index in [1.807, 2.05) is 68.5 Å². The molecule has 182 valence electrons. The Kier molecular flexibility index (Phi) is 5.96. The first-order valence-electron chi connectivity index (χ1n) is 12.1. The van der Waals surface area contributed by atoms with Crippen molar-refractivity contribution < 1.29 is 28.4 Å². The van der Waals surface area contributed by atoms with Gasteiger partial charge in [-0.15, -0.1) is 0 Å². The molecule has 1 spiro atoms. The van der Waals surface area contributed by atoms with Gasteiger partial charge in [-0.3, -0.25) is 0 Å². The van der Waals surface area contributed by atoms with Crippen molar-refractivity contribution in [2.45, 2.75) is 56.6 Å². The molecule has 35 heavy (non-hydrogen) atoms. The summed E-state index contributed by atoms with van der Waals surface area (Å²) in [5.41, 5.74) is 2.15. The van der Waals surface area contributed by atoms with Gasteiger partial charge < -0.3 is 28.4 Å². The molecule has 3 saturated heterocycles. The summed E-state index contributed by atoms with van der Waals surface area (Å²) in [6.45, 7) is 4.76. The first kappa shape index (κ1) is 22.9. The zero-order valence-electron chi connectivity index (χ0n) is 20.0. The average Bonchev–Trinajstić information content (AvgIpc) is 3.43. The fourth-order valence-corrected chi connectivity index (χ4v) is 5.02. The van der Waals surface area contributed by atoms with Crippen LogP contribution in [0, 0.1) is 0 Å². The summed E-state index contributed by atoms with van der Waals surface area (Å²) >= 11 is 0. The van der Waals surface area contributed by atoms with Crippen LogP contribution in [0.1, 0.15) is 25.0 Å². The molecule has 6 rings (SSSR count). The topological polar surface area (TPSA) is 55.4 Å². The summed E-state index contributed by atoms with van der Waals surface area (Å²) < 4.78 is 37.5. The SMILES string of the molecule is CC1(C)OC[C@]2(OC[C@H]3O[C@@H](/C=C/c4ccccc4)O[C@H]3[C@@H]2OCc2ccc3ccccc3c2)O1. The van der Waals surface area contributed by atoms with Gasteiger partial charge in [-0.25, -0.2) is 0 Å². The highest BCUT2D eigenvalue weighted by atomic mass is 16.9. The molecule has 0 N–H and O–H groups in total. The van der Waals surface area contributed by atoms with Crippen LogP contribution in [0.15, 0.2) is 78.9 Å². The quantitative estimate of drug-likeness (QED) is 0.515. The molecule has 0 radical (unpaired) electrons. The van der Waals surface area contributed by atoms with Crippen molar-refractivity contribution in [2.24, 2.45) is 0 Å². The van der Waals surface area contributed by atoms with Gasteiger partial charge >= 0.3 is 0 Å². The molecule has 3 heterocycles. The van der Waals surface area contributed by atoms with Crippen LogP contribution in [-0.2, 0) is 35.0 Å². The second-order valence-corrected chi connectivity index (χ2v) is 9.74. The van der Waals surface area contributed by atoms with Gasteiger partial charge in [-0.2, -0.15) is 0 Å². The first-order chi connectivity index (χ1) is 17.0. The molecule has 3 aliphatic rings. The van der Waals surface area contributed by atoms with Crippen LogP contribution in [0.3, 0.4) is 0 Å². The van der Waals surface area contributed by atoms with Crippen LogP contribution >= 0.6 is 0 Å². The summed E-state index contributed by atoms with van der Waals surface area (Å²) in [7, 11) is 0. The fourth-order valence-electron chi connectivity index (χ4n) is 5.02. The Balaban J connectivity index is 1.23. The molecule has 3 aromatic carbocycles. The number of fused-ring (bicyclic) bond motifs is 2. The minimum Gasteiger partial charge on any atom is -0.365 e. The van der Waals surface area contributed by atoms with Gasteiger partial charge in [-0.1, -0.05) is 72.8 Å². The lowest BCUT2D eigenvalue weighted by Crippen LogP contribution is -2.62. The van der Waals surface area contributed by atoms with E-state index in [9.17, 15) is 0 Å². The molecular weight excluding hydrogens is 444 g/mol. The maximum Gasteiger partial charge on any atom is 0.224 e. The van der Waals surface area contributed by atoms with Crippen molar-refractivity contribution in [1.82, 2.24) is 0 Å². The van der Waals surface area contributed by atoms with Crippen molar-refractivity contribution in [3.8, 4) is 0 Å². The van der Waals surface area contributed by atoms with Crippen LogP contribution in [0.4, 0.5) is 0 Å². The highest BCUT2D eigenvalue weighted by Gasteiger charge is 2.62. The Morgan fingerprint density at radius 3 is 2.51 bits per heavy atom.